The van der Waals surface area contributed by atoms with Gasteiger partial charge in [0.05, 0.1) is 6.10 Å². The lowest BCUT2D eigenvalue weighted by molar-refractivity contribution is -0.161. The van der Waals surface area contributed by atoms with Crippen LogP contribution in [0.5, 0.6) is 0 Å². The zero-order chi connectivity index (χ0) is 22.1. The predicted molar refractivity (Wildman–Crippen MR) is 131 cm³/mol. The summed E-state index contributed by atoms with van der Waals surface area (Å²) in [4.78, 5) is 0. The molecule has 1 N–H and O–H groups in total. The minimum absolute atomic E-state index is 0.535. The third-order valence-corrected chi connectivity index (χ3v) is 12.2. The van der Waals surface area contributed by atoms with E-state index in [1.165, 1.54) is 56.9 Å². The topological polar surface area (TPSA) is 21.3 Å². The van der Waals surface area contributed by atoms with Gasteiger partial charge in [0.1, 0.15) is 0 Å². The summed E-state index contributed by atoms with van der Waals surface area (Å²) in [7, 11) is 2.02. The number of methoxy groups -OCH3 is 1. The van der Waals surface area contributed by atoms with E-state index in [-0.39, 0.29) is 0 Å². The molecule has 0 bridgehead atoms. The average molecular weight is 436 g/mol. The molecule has 2 nitrogen and oxygen atoms in total. The van der Waals surface area contributed by atoms with Crippen LogP contribution in [-0.4, -0.2) is 19.8 Å². The van der Waals surface area contributed by atoms with Gasteiger partial charge in [-0.1, -0.05) is 51.1 Å². The zero-order valence-electron chi connectivity index (χ0n) is 20.9. The normalized spacial score (nSPS) is 49.6. The minimum atomic E-state index is 0.535. The highest BCUT2D eigenvalue weighted by molar-refractivity contribution is 5.26. The number of nitrogens with one attached hydrogen (secondary N) is 1. The SMILES string of the molecule is COC1C[C@H]2[C@@H]3CC[C@H]([C@H](C)CNCc4ccccc4)[C@@]3(C)CC[C@@H]2[C@@]2(C)CC[C@@H]3CC132. The molecule has 2 heteroatoms. The molecule has 0 heterocycles. The quantitative estimate of drug-likeness (QED) is 0.537. The first-order valence-electron chi connectivity index (χ1n) is 13.7. The Morgan fingerprint density at radius 3 is 2.59 bits per heavy atom. The number of hydrogen-bond acceptors (Lipinski definition) is 2. The van der Waals surface area contributed by atoms with E-state index in [9.17, 15) is 0 Å². The molecule has 5 saturated carbocycles. The lowest BCUT2D eigenvalue weighted by atomic mass is 9.45. The Labute approximate surface area is 196 Å². The monoisotopic (exact) mass is 435 g/mol. The second kappa shape index (κ2) is 7.57. The fraction of sp³-hybridized carbons (Fsp3) is 0.800. The van der Waals surface area contributed by atoms with Crippen molar-refractivity contribution < 1.29 is 4.74 Å². The number of hydrogen-bond donors (Lipinski definition) is 1. The number of fused-ring (bicyclic) bond motifs is 4. The summed E-state index contributed by atoms with van der Waals surface area (Å²) in [6.07, 6.45) is 12.2. The molecule has 0 amide bonds. The van der Waals surface area contributed by atoms with Gasteiger partial charge >= 0.3 is 0 Å². The van der Waals surface area contributed by atoms with Crippen LogP contribution in [0.3, 0.4) is 0 Å². The van der Waals surface area contributed by atoms with Crippen molar-refractivity contribution in [2.24, 2.45) is 51.8 Å². The summed E-state index contributed by atoms with van der Waals surface area (Å²) in [6.45, 7) is 10.1. The van der Waals surface area contributed by atoms with Gasteiger partial charge in [-0.15, -0.1) is 0 Å². The molecule has 1 aromatic rings. The molecule has 1 spiro atoms. The standard InChI is InChI=1S/C30H45NO/c1-20(18-31-19-21-8-6-5-7-9-21)24-10-11-25-23-16-27(32-4)30-17-22(30)12-15-29(30,3)26(23)13-14-28(24,25)2/h5-9,20,22-27,31H,10-19H2,1-4H3/t20-,22-,23+,24-,25+,26+,27?,28-,29-,30?/m1/s1. The summed E-state index contributed by atoms with van der Waals surface area (Å²) in [6, 6.07) is 10.9. The highest BCUT2D eigenvalue weighted by Gasteiger charge is 2.77. The van der Waals surface area contributed by atoms with Crippen molar-refractivity contribution in [3.8, 4) is 0 Å². The first kappa shape index (κ1) is 21.7. The smallest absolute Gasteiger partial charge is 0.0638 e. The van der Waals surface area contributed by atoms with Gasteiger partial charge in [0.15, 0.2) is 0 Å². The van der Waals surface area contributed by atoms with Crippen molar-refractivity contribution in [3.63, 3.8) is 0 Å². The second-order valence-electron chi connectivity index (χ2n) is 13.1. The van der Waals surface area contributed by atoms with Crippen LogP contribution < -0.4 is 5.32 Å². The Balaban J connectivity index is 1.17. The van der Waals surface area contributed by atoms with Crippen molar-refractivity contribution in [1.82, 2.24) is 5.32 Å². The maximum absolute atomic E-state index is 6.30. The van der Waals surface area contributed by atoms with Gasteiger partial charge < -0.3 is 10.1 Å². The summed E-state index contributed by atoms with van der Waals surface area (Å²) >= 11 is 0. The van der Waals surface area contributed by atoms with Crippen molar-refractivity contribution in [3.05, 3.63) is 35.9 Å². The first-order chi connectivity index (χ1) is 15.4. The van der Waals surface area contributed by atoms with E-state index < -0.39 is 0 Å². The van der Waals surface area contributed by atoms with Gasteiger partial charge in [0.2, 0.25) is 0 Å². The molecule has 0 saturated heterocycles. The first-order valence-corrected chi connectivity index (χ1v) is 13.7. The van der Waals surface area contributed by atoms with E-state index in [4.69, 9.17) is 4.74 Å². The number of rotatable bonds is 6. The van der Waals surface area contributed by atoms with Gasteiger partial charge in [0, 0.05) is 19.1 Å². The summed E-state index contributed by atoms with van der Waals surface area (Å²) in [5.41, 5.74) is 3.06. The Morgan fingerprint density at radius 1 is 1.03 bits per heavy atom. The van der Waals surface area contributed by atoms with Crippen LogP contribution in [0, 0.1) is 51.8 Å². The predicted octanol–water partition coefficient (Wildman–Crippen LogP) is 6.70. The molecule has 0 aliphatic heterocycles. The van der Waals surface area contributed by atoms with Gasteiger partial charge in [-0.05, 0) is 110 Å². The summed E-state index contributed by atoms with van der Waals surface area (Å²) in [5.74, 6) is 5.41. The largest absolute Gasteiger partial charge is 0.381 e. The molecule has 5 aliphatic rings. The summed E-state index contributed by atoms with van der Waals surface area (Å²) in [5, 5.41) is 3.79. The van der Waals surface area contributed by atoms with Crippen LogP contribution in [0.15, 0.2) is 30.3 Å². The number of ether oxygens (including phenoxy) is 1. The molecule has 32 heavy (non-hydrogen) atoms. The van der Waals surface area contributed by atoms with E-state index >= 15 is 0 Å². The highest BCUT2D eigenvalue weighted by Crippen LogP contribution is 2.82. The molecule has 10 atom stereocenters. The van der Waals surface area contributed by atoms with E-state index in [1.807, 2.05) is 7.11 Å². The third kappa shape index (κ3) is 2.84. The average Bonchev–Trinajstić information content (AvgIpc) is 3.30. The van der Waals surface area contributed by atoms with Crippen molar-refractivity contribution in [2.75, 3.05) is 13.7 Å². The van der Waals surface area contributed by atoms with E-state index in [0.717, 1.165) is 48.6 Å². The molecule has 0 aromatic heterocycles. The molecule has 1 aromatic carbocycles. The van der Waals surface area contributed by atoms with E-state index in [1.54, 1.807) is 0 Å². The van der Waals surface area contributed by atoms with Crippen LogP contribution in [0.4, 0.5) is 0 Å². The van der Waals surface area contributed by atoms with Crippen LogP contribution >= 0.6 is 0 Å². The summed E-state index contributed by atoms with van der Waals surface area (Å²) < 4.78 is 6.30. The highest BCUT2D eigenvalue weighted by atomic mass is 16.5. The van der Waals surface area contributed by atoms with Crippen LogP contribution in [0.25, 0.3) is 0 Å². The maximum atomic E-state index is 6.30. The minimum Gasteiger partial charge on any atom is -0.381 e. The second-order valence-corrected chi connectivity index (χ2v) is 13.1. The molecule has 0 radical (unpaired) electrons. The fourth-order valence-corrected chi connectivity index (χ4v) is 10.7. The molecular weight excluding hydrogens is 390 g/mol. The van der Waals surface area contributed by atoms with Crippen molar-refractivity contribution in [1.29, 1.82) is 0 Å². The van der Waals surface area contributed by atoms with Crippen molar-refractivity contribution in [2.45, 2.75) is 84.8 Å². The lowest BCUT2D eigenvalue weighted by Gasteiger charge is -2.61. The molecule has 5 fully saturated rings. The zero-order valence-corrected chi connectivity index (χ0v) is 20.9. The molecule has 6 rings (SSSR count). The Morgan fingerprint density at radius 2 is 1.84 bits per heavy atom. The van der Waals surface area contributed by atoms with Gasteiger partial charge in [0.25, 0.3) is 0 Å². The van der Waals surface area contributed by atoms with E-state index in [0.29, 0.717) is 22.3 Å². The lowest BCUT2D eigenvalue weighted by Crippen LogP contribution is -2.57. The Kier molecular flexibility index (Phi) is 5.12. The fourth-order valence-electron chi connectivity index (χ4n) is 10.7. The Bertz CT molecular complexity index is 838. The molecule has 5 aliphatic carbocycles. The van der Waals surface area contributed by atoms with Gasteiger partial charge in [-0.3, -0.25) is 0 Å². The number of benzene rings is 1. The maximum Gasteiger partial charge on any atom is 0.0638 e. The van der Waals surface area contributed by atoms with Gasteiger partial charge in [-0.25, -0.2) is 0 Å². The van der Waals surface area contributed by atoms with Crippen LogP contribution in [-0.2, 0) is 11.3 Å². The van der Waals surface area contributed by atoms with Crippen molar-refractivity contribution >= 4 is 0 Å². The molecular formula is C30H45NO. The third-order valence-electron chi connectivity index (χ3n) is 12.2. The van der Waals surface area contributed by atoms with Gasteiger partial charge in [-0.2, -0.15) is 0 Å². The Hall–Kier alpha value is -0.860. The molecule has 2 unspecified atom stereocenters. The van der Waals surface area contributed by atoms with E-state index in [2.05, 4.69) is 56.4 Å². The van der Waals surface area contributed by atoms with Crippen LogP contribution in [0.2, 0.25) is 0 Å². The van der Waals surface area contributed by atoms with Crippen LogP contribution in [0.1, 0.15) is 77.7 Å². The molecule has 176 valence electrons.